The Kier molecular flexibility index (Phi) is 2.93. The lowest BCUT2D eigenvalue weighted by atomic mass is 10.3. The van der Waals surface area contributed by atoms with Gasteiger partial charge < -0.3 is 4.90 Å². The highest BCUT2D eigenvalue weighted by atomic mass is 79.9. The topological polar surface area (TPSA) is 3.24 Å². The molecule has 0 aliphatic carbocycles. The summed E-state index contributed by atoms with van der Waals surface area (Å²) in [4.78, 5) is 1.92. The Morgan fingerprint density at radius 3 is 3.10 bits per heavy atom. The summed E-state index contributed by atoms with van der Waals surface area (Å²) < 4.78 is 12.8. The van der Waals surface area contributed by atoms with Crippen LogP contribution in [0.1, 0.15) is 0 Å². The van der Waals surface area contributed by atoms with Crippen LogP contribution in [0.5, 0.6) is 0 Å². The molecule has 1 aliphatic rings. The van der Waals surface area contributed by atoms with E-state index in [2.05, 4.69) is 15.9 Å². The maximum absolute atomic E-state index is 11.8. The molecule has 56 valence electrons. The summed E-state index contributed by atoms with van der Waals surface area (Å²) in [5.41, 5.74) is 0. The summed E-state index contributed by atoms with van der Waals surface area (Å²) in [6.45, 7) is 1.02. The third-order valence-corrected chi connectivity index (χ3v) is 1.76. The van der Waals surface area contributed by atoms with Gasteiger partial charge in [-0.15, -0.1) is 0 Å². The Labute approximate surface area is 68.3 Å². The van der Waals surface area contributed by atoms with Gasteiger partial charge in [-0.1, -0.05) is 6.08 Å². The predicted molar refractivity (Wildman–Crippen MR) is 43.7 cm³/mol. The second-order valence-corrected chi connectivity index (χ2v) is 3.02. The molecular formula is C7H9BrFN. The Hall–Kier alpha value is -0.310. The first kappa shape index (κ1) is 7.79. The van der Waals surface area contributed by atoms with Crippen molar-refractivity contribution in [2.24, 2.45) is 0 Å². The molecule has 10 heavy (non-hydrogen) atoms. The van der Waals surface area contributed by atoms with Gasteiger partial charge in [0.05, 0.1) is 0 Å². The molecule has 0 radical (unpaired) electrons. The zero-order chi connectivity index (χ0) is 7.40. The first-order valence-corrected chi connectivity index (χ1v) is 3.96. The maximum Gasteiger partial charge on any atom is 0.107 e. The van der Waals surface area contributed by atoms with Gasteiger partial charge in [0.25, 0.3) is 0 Å². The van der Waals surface area contributed by atoms with Gasteiger partial charge in [-0.3, -0.25) is 0 Å². The van der Waals surface area contributed by atoms with Crippen molar-refractivity contribution >= 4 is 15.9 Å². The van der Waals surface area contributed by atoms with E-state index < -0.39 is 0 Å². The fourth-order valence-corrected chi connectivity index (χ4v) is 1.31. The van der Waals surface area contributed by atoms with Crippen molar-refractivity contribution in [2.75, 3.05) is 19.8 Å². The summed E-state index contributed by atoms with van der Waals surface area (Å²) in [5.74, 6) is 0. The summed E-state index contributed by atoms with van der Waals surface area (Å²) in [6, 6.07) is 0. The van der Waals surface area contributed by atoms with Crippen LogP contribution in [0, 0.1) is 0 Å². The number of allylic oxidation sites excluding steroid dienone is 2. The van der Waals surface area contributed by atoms with E-state index in [0.717, 1.165) is 11.0 Å². The fraction of sp³-hybridized carbons (Fsp3) is 0.429. The van der Waals surface area contributed by atoms with Crippen molar-refractivity contribution < 1.29 is 4.39 Å². The van der Waals surface area contributed by atoms with Gasteiger partial charge in [0.15, 0.2) is 0 Å². The summed E-state index contributed by atoms with van der Waals surface area (Å²) >= 11 is 3.31. The number of rotatable bonds is 2. The van der Waals surface area contributed by atoms with E-state index in [-0.39, 0.29) is 6.67 Å². The van der Waals surface area contributed by atoms with E-state index >= 15 is 0 Å². The lowest BCUT2D eigenvalue weighted by Crippen LogP contribution is -2.21. The van der Waals surface area contributed by atoms with Crippen molar-refractivity contribution in [3.63, 3.8) is 0 Å². The largest absolute Gasteiger partial charge is 0.370 e. The molecule has 0 saturated heterocycles. The van der Waals surface area contributed by atoms with Gasteiger partial charge in [0, 0.05) is 23.8 Å². The van der Waals surface area contributed by atoms with E-state index in [4.69, 9.17) is 0 Å². The van der Waals surface area contributed by atoms with E-state index in [1.807, 2.05) is 23.3 Å². The first-order chi connectivity index (χ1) is 4.83. The van der Waals surface area contributed by atoms with Gasteiger partial charge in [-0.25, -0.2) is 4.39 Å². The van der Waals surface area contributed by atoms with Gasteiger partial charge in [0.2, 0.25) is 0 Å². The van der Waals surface area contributed by atoms with Crippen molar-refractivity contribution in [1.29, 1.82) is 0 Å². The Morgan fingerprint density at radius 1 is 1.70 bits per heavy atom. The second kappa shape index (κ2) is 3.76. The summed E-state index contributed by atoms with van der Waals surface area (Å²) in [5, 5.41) is 0. The minimum atomic E-state index is -0.287. The highest BCUT2D eigenvalue weighted by Crippen LogP contribution is 2.12. The standard InChI is InChI=1S/C7H9BrFN/c8-7-2-1-4-10(6-7)5-3-9/h1-2,6H,3-5H2. The Bertz CT molecular complexity index is 165. The van der Waals surface area contributed by atoms with Crippen LogP contribution >= 0.6 is 15.9 Å². The van der Waals surface area contributed by atoms with Crippen molar-refractivity contribution in [3.8, 4) is 0 Å². The van der Waals surface area contributed by atoms with Crippen molar-refractivity contribution in [1.82, 2.24) is 4.90 Å². The van der Waals surface area contributed by atoms with E-state index in [0.29, 0.717) is 6.54 Å². The molecule has 1 heterocycles. The SMILES string of the molecule is FCCN1C=C(Br)C=CC1. The molecule has 0 aromatic carbocycles. The molecular weight excluding hydrogens is 197 g/mol. The van der Waals surface area contributed by atoms with Crippen LogP contribution in [0.25, 0.3) is 0 Å². The van der Waals surface area contributed by atoms with Gasteiger partial charge in [0.1, 0.15) is 6.67 Å². The number of alkyl halides is 1. The minimum absolute atomic E-state index is 0.287. The molecule has 0 amide bonds. The van der Waals surface area contributed by atoms with Crippen LogP contribution in [0.4, 0.5) is 4.39 Å². The Morgan fingerprint density at radius 2 is 2.50 bits per heavy atom. The normalized spacial score (nSPS) is 17.4. The molecule has 0 spiro atoms. The molecule has 1 nitrogen and oxygen atoms in total. The van der Waals surface area contributed by atoms with Crippen molar-refractivity contribution in [3.05, 3.63) is 22.8 Å². The molecule has 1 rings (SSSR count). The van der Waals surface area contributed by atoms with E-state index in [9.17, 15) is 4.39 Å². The molecule has 0 saturated carbocycles. The molecule has 0 bridgehead atoms. The van der Waals surface area contributed by atoms with E-state index in [1.54, 1.807) is 0 Å². The second-order valence-electron chi connectivity index (χ2n) is 2.10. The highest BCUT2D eigenvalue weighted by Gasteiger charge is 2.01. The fourth-order valence-electron chi connectivity index (χ4n) is 0.835. The summed E-state index contributed by atoms with van der Waals surface area (Å²) in [7, 11) is 0. The predicted octanol–water partition coefficient (Wildman–Crippen LogP) is 2.06. The molecule has 0 atom stereocenters. The van der Waals surface area contributed by atoms with Gasteiger partial charge in [-0.05, 0) is 22.0 Å². The van der Waals surface area contributed by atoms with Crippen LogP contribution in [-0.2, 0) is 0 Å². The van der Waals surface area contributed by atoms with E-state index in [1.165, 1.54) is 0 Å². The monoisotopic (exact) mass is 205 g/mol. The highest BCUT2D eigenvalue weighted by molar-refractivity contribution is 9.11. The third-order valence-electron chi connectivity index (χ3n) is 1.29. The molecule has 0 N–H and O–H groups in total. The third kappa shape index (κ3) is 2.14. The molecule has 3 heteroatoms. The van der Waals surface area contributed by atoms with Crippen LogP contribution in [0.3, 0.4) is 0 Å². The quantitative estimate of drug-likeness (QED) is 0.668. The molecule has 1 aliphatic heterocycles. The molecule has 0 aromatic heterocycles. The van der Waals surface area contributed by atoms with Crippen LogP contribution in [0.15, 0.2) is 22.8 Å². The first-order valence-electron chi connectivity index (χ1n) is 3.17. The average molecular weight is 206 g/mol. The lowest BCUT2D eigenvalue weighted by molar-refractivity contribution is 0.347. The zero-order valence-corrected chi connectivity index (χ0v) is 7.14. The lowest BCUT2D eigenvalue weighted by Gasteiger charge is -2.19. The zero-order valence-electron chi connectivity index (χ0n) is 5.56. The Balaban J connectivity index is 2.43. The number of nitrogens with zero attached hydrogens (tertiary/aromatic N) is 1. The minimum Gasteiger partial charge on any atom is -0.370 e. The molecule has 0 unspecified atom stereocenters. The molecule has 0 aromatic rings. The van der Waals surface area contributed by atoms with Gasteiger partial charge in [-0.2, -0.15) is 0 Å². The molecule has 0 fully saturated rings. The number of hydrogen-bond donors (Lipinski definition) is 0. The van der Waals surface area contributed by atoms with Crippen molar-refractivity contribution in [2.45, 2.75) is 0 Å². The maximum atomic E-state index is 11.8. The number of halogens is 2. The van der Waals surface area contributed by atoms with Crippen LogP contribution < -0.4 is 0 Å². The smallest absolute Gasteiger partial charge is 0.107 e. The number of hydrogen-bond acceptors (Lipinski definition) is 1. The van der Waals surface area contributed by atoms with Crippen LogP contribution in [-0.4, -0.2) is 24.7 Å². The average Bonchev–Trinajstić information content (AvgIpc) is 1.88. The van der Waals surface area contributed by atoms with Gasteiger partial charge >= 0.3 is 0 Å². The summed E-state index contributed by atoms with van der Waals surface area (Å²) in [6.07, 6.45) is 5.87. The van der Waals surface area contributed by atoms with Crippen LogP contribution in [0.2, 0.25) is 0 Å².